The molecule has 2 aromatic rings. The quantitative estimate of drug-likeness (QED) is 0.354. The van der Waals surface area contributed by atoms with Gasteiger partial charge in [-0.2, -0.15) is 18.2 Å². The molecule has 11 heteroatoms. The van der Waals surface area contributed by atoms with Gasteiger partial charge in [0.05, 0.1) is 6.42 Å². The molecular formula is C15H18ClF3IN5O. The van der Waals surface area contributed by atoms with E-state index in [0.29, 0.717) is 23.0 Å². The zero-order chi connectivity index (χ0) is 18.3. The average molecular weight is 504 g/mol. The van der Waals surface area contributed by atoms with Gasteiger partial charge in [0.15, 0.2) is 5.96 Å². The van der Waals surface area contributed by atoms with E-state index < -0.39 is 12.6 Å². The highest BCUT2D eigenvalue weighted by molar-refractivity contribution is 14.0. The second-order valence-corrected chi connectivity index (χ2v) is 5.45. The highest BCUT2D eigenvalue weighted by atomic mass is 127. The van der Waals surface area contributed by atoms with E-state index in [1.54, 1.807) is 24.3 Å². The van der Waals surface area contributed by atoms with Gasteiger partial charge in [0.1, 0.15) is 6.54 Å². The molecule has 0 bridgehead atoms. The molecule has 0 unspecified atom stereocenters. The fraction of sp³-hybridized carbons (Fsp3) is 0.400. The number of guanidine groups is 1. The monoisotopic (exact) mass is 503 g/mol. The summed E-state index contributed by atoms with van der Waals surface area (Å²) in [6, 6.07) is 6.97. The van der Waals surface area contributed by atoms with E-state index in [1.807, 2.05) is 6.92 Å². The van der Waals surface area contributed by atoms with E-state index >= 15 is 0 Å². The standard InChI is InChI=1S/C15H17ClF3N5O.HI/c1-2-20-14(21-7-6-15(17,18)19)22-9-12-23-13(24-25-12)10-4-3-5-11(16)8-10;/h3-5,8H,2,6-7,9H2,1H3,(H2,20,21,22);1H. The summed E-state index contributed by atoms with van der Waals surface area (Å²) < 4.78 is 41.7. The van der Waals surface area contributed by atoms with Crippen molar-refractivity contribution in [3.63, 3.8) is 0 Å². The highest BCUT2D eigenvalue weighted by Gasteiger charge is 2.26. The Labute approximate surface area is 170 Å². The van der Waals surface area contributed by atoms with Gasteiger partial charge in [0.2, 0.25) is 11.7 Å². The molecule has 0 aliphatic carbocycles. The molecule has 2 rings (SSSR count). The number of alkyl halides is 3. The molecule has 1 heterocycles. The lowest BCUT2D eigenvalue weighted by Gasteiger charge is -2.11. The Morgan fingerprint density at radius 2 is 2.08 bits per heavy atom. The first-order valence-corrected chi connectivity index (χ1v) is 7.92. The van der Waals surface area contributed by atoms with E-state index in [9.17, 15) is 13.2 Å². The van der Waals surface area contributed by atoms with Crippen LogP contribution in [0.3, 0.4) is 0 Å². The number of rotatable bonds is 6. The lowest BCUT2D eigenvalue weighted by atomic mass is 10.2. The topological polar surface area (TPSA) is 75.3 Å². The van der Waals surface area contributed by atoms with Gasteiger partial charge in [-0.05, 0) is 19.1 Å². The molecule has 0 aliphatic heterocycles. The first kappa shape index (κ1) is 22.5. The van der Waals surface area contributed by atoms with Gasteiger partial charge in [-0.15, -0.1) is 24.0 Å². The molecule has 0 fully saturated rings. The van der Waals surface area contributed by atoms with Crippen LogP contribution in [0, 0.1) is 0 Å². The largest absolute Gasteiger partial charge is 0.390 e. The van der Waals surface area contributed by atoms with Gasteiger partial charge in [0, 0.05) is 23.7 Å². The first-order valence-electron chi connectivity index (χ1n) is 7.55. The molecule has 0 amide bonds. The molecule has 2 N–H and O–H groups in total. The average Bonchev–Trinajstić information content (AvgIpc) is 3.00. The number of nitrogens with zero attached hydrogens (tertiary/aromatic N) is 3. The maximum atomic E-state index is 12.2. The van der Waals surface area contributed by atoms with E-state index in [-0.39, 0.29) is 48.9 Å². The van der Waals surface area contributed by atoms with E-state index in [1.165, 1.54) is 0 Å². The third-order valence-electron chi connectivity index (χ3n) is 2.97. The molecule has 6 nitrogen and oxygen atoms in total. The highest BCUT2D eigenvalue weighted by Crippen LogP contribution is 2.20. The summed E-state index contributed by atoms with van der Waals surface area (Å²) in [5.41, 5.74) is 0.696. The van der Waals surface area contributed by atoms with Crippen LogP contribution in [0.1, 0.15) is 19.2 Å². The Bertz CT molecular complexity index is 723. The van der Waals surface area contributed by atoms with Crippen LogP contribution < -0.4 is 10.6 Å². The van der Waals surface area contributed by atoms with Crippen molar-refractivity contribution in [2.24, 2.45) is 4.99 Å². The molecule has 0 radical (unpaired) electrons. The van der Waals surface area contributed by atoms with Gasteiger partial charge in [0.25, 0.3) is 0 Å². The predicted molar refractivity (Wildman–Crippen MR) is 104 cm³/mol. The van der Waals surface area contributed by atoms with Gasteiger partial charge in [-0.25, -0.2) is 4.99 Å². The summed E-state index contributed by atoms with van der Waals surface area (Å²) in [5, 5.41) is 9.84. The van der Waals surface area contributed by atoms with E-state index in [2.05, 4.69) is 25.8 Å². The van der Waals surface area contributed by atoms with Crippen LogP contribution in [0.2, 0.25) is 5.02 Å². The smallest absolute Gasteiger partial charge is 0.357 e. The number of aliphatic imine (C=N–C) groups is 1. The Morgan fingerprint density at radius 3 is 2.73 bits per heavy atom. The number of nitrogens with one attached hydrogen (secondary N) is 2. The molecule has 26 heavy (non-hydrogen) atoms. The third-order valence-corrected chi connectivity index (χ3v) is 3.20. The van der Waals surface area contributed by atoms with Crippen molar-refractivity contribution < 1.29 is 17.7 Å². The molecule has 0 saturated carbocycles. The molecule has 144 valence electrons. The fourth-order valence-electron chi connectivity index (χ4n) is 1.87. The summed E-state index contributed by atoms with van der Waals surface area (Å²) >= 11 is 5.91. The minimum Gasteiger partial charge on any atom is -0.357 e. The summed E-state index contributed by atoms with van der Waals surface area (Å²) in [5.74, 6) is 0.847. The number of benzene rings is 1. The Kier molecular flexibility index (Phi) is 9.13. The van der Waals surface area contributed by atoms with Crippen LogP contribution in [0.25, 0.3) is 11.4 Å². The second-order valence-electron chi connectivity index (χ2n) is 5.01. The van der Waals surface area contributed by atoms with Crippen molar-refractivity contribution in [3.05, 3.63) is 35.2 Å². The van der Waals surface area contributed by atoms with Crippen molar-refractivity contribution in [1.82, 2.24) is 20.8 Å². The van der Waals surface area contributed by atoms with E-state index in [4.69, 9.17) is 16.1 Å². The molecule has 0 atom stereocenters. The number of halogens is 5. The van der Waals surface area contributed by atoms with Crippen molar-refractivity contribution in [1.29, 1.82) is 0 Å². The van der Waals surface area contributed by atoms with Crippen LogP contribution in [0.4, 0.5) is 13.2 Å². The van der Waals surface area contributed by atoms with Gasteiger partial charge >= 0.3 is 6.18 Å². The summed E-state index contributed by atoms with van der Waals surface area (Å²) in [6.45, 7) is 2.09. The zero-order valence-corrected chi connectivity index (χ0v) is 16.9. The molecule has 1 aromatic heterocycles. The Morgan fingerprint density at radius 1 is 1.31 bits per heavy atom. The van der Waals surface area contributed by atoms with Crippen LogP contribution in [0.5, 0.6) is 0 Å². The van der Waals surface area contributed by atoms with Crippen LogP contribution in [-0.4, -0.2) is 35.4 Å². The van der Waals surface area contributed by atoms with Crippen molar-refractivity contribution in [2.75, 3.05) is 13.1 Å². The fourth-order valence-corrected chi connectivity index (χ4v) is 2.07. The normalized spacial score (nSPS) is 11.8. The maximum Gasteiger partial charge on any atom is 0.390 e. The maximum absolute atomic E-state index is 12.2. The lowest BCUT2D eigenvalue weighted by molar-refractivity contribution is -0.132. The third kappa shape index (κ3) is 7.77. The molecule has 0 spiro atoms. The van der Waals surface area contributed by atoms with Crippen LogP contribution >= 0.6 is 35.6 Å². The van der Waals surface area contributed by atoms with Crippen molar-refractivity contribution in [3.8, 4) is 11.4 Å². The van der Waals surface area contributed by atoms with Gasteiger partial charge in [-0.3, -0.25) is 0 Å². The number of hydrogen-bond donors (Lipinski definition) is 2. The number of aromatic nitrogens is 2. The van der Waals surface area contributed by atoms with Crippen molar-refractivity contribution >= 4 is 41.5 Å². The zero-order valence-electron chi connectivity index (χ0n) is 13.8. The summed E-state index contributed by atoms with van der Waals surface area (Å²) in [4.78, 5) is 8.33. The Balaban J connectivity index is 0.00000338. The predicted octanol–water partition coefficient (Wildman–Crippen LogP) is 4.02. The SMILES string of the molecule is CCNC(=NCc1nc(-c2cccc(Cl)c2)no1)NCCC(F)(F)F.I. The minimum absolute atomic E-state index is 0. The molecule has 0 aliphatic rings. The lowest BCUT2D eigenvalue weighted by Crippen LogP contribution is -2.38. The number of hydrogen-bond acceptors (Lipinski definition) is 4. The summed E-state index contributed by atoms with van der Waals surface area (Å²) in [7, 11) is 0. The van der Waals surface area contributed by atoms with Crippen LogP contribution in [0.15, 0.2) is 33.8 Å². The summed E-state index contributed by atoms with van der Waals surface area (Å²) in [6.07, 6.45) is -5.17. The molecule has 1 aromatic carbocycles. The molecule has 0 saturated heterocycles. The van der Waals surface area contributed by atoms with Gasteiger partial charge < -0.3 is 15.2 Å². The van der Waals surface area contributed by atoms with Crippen LogP contribution in [-0.2, 0) is 6.54 Å². The Hall–Kier alpha value is -1.56. The second kappa shape index (κ2) is 10.6. The van der Waals surface area contributed by atoms with E-state index in [0.717, 1.165) is 0 Å². The molecular weight excluding hydrogens is 486 g/mol. The van der Waals surface area contributed by atoms with Gasteiger partial charge in [-0.1, -0.05) is 28.9 Å². The minimum atomic E-state index is -4.22. The van der Waals surface area contributed by atoms with Crippen molar-refractivity contribution in [2.45, 2.75) is 26.1 Å². The first-order chi connectivity index (χ1) is 11.9.